The van der Waals surface area contributed by atoms with Crippen LogP contribution in [0, 0.1) is 16.6 Å². The summed E-state index contributed by atoms with van der Waals surface area (Å²) >= 11 is 0. The quantitative estimate of drug-likeness (QED) is 0.553. The number of hydrogen-bond acceptors (Lipinski definition) is 5. The minimum absolute atomic E-state index is 0.0386. The topological polar surface area (TPSA) is 90.4 Å². The number of methoxy groups -OCH3 is 1. The summed E-state index contributed by atoms with van der Waals surface area (Å²) in [5.41, 5.74) is 0.282. The fourth-order valence-corrected chi connectivity index (χ4v) is 6.09. The second-order valence-electron chi connectivity index (χ2n) is 10.2. The number of ether oxygens (including phenoxy) is 1. The highest BCUT2D eigenvalue weighted by molar-refractivity contribution is 5.87. The molecule has 0 aliphatic carbocycles. The normalized spacial score (nSPS) is 23.2. The zero-order valence-corrected chi connectivity index (χ0v) is 21.7. The van der Waals surface area contributed by atoms with Gasteiger partial charge in [-0.2, -0.15) is 13.2 Å². The van der Waals surface area contributed by atoms with Crippen LogP contribution in [-0.4, -0.2) is 103 Å². The van der Waals surface area contributed by atoms with E-state index in [4.69, 9.17) is 14.6 Å². The molecular formula is C26H35F4N3O5. The Morgan fingerprint density at radius 3 is 2.29 bits per heavy atom. The average molecular weight is 546 g/mol. The van der Waals surface area contributed by atoms with E-state index >= 15 is 0 Å². The number of halogens is 4. The van der Waals surface area contributed by atoms with Gasteiger partial charge in [0.2, 0.25) is 11.8 Å². The highest BCUT2D eigenvalue weighted by Gasteiger charge is 2.64. The molecule has 0 bridgehead atoms. The molecule has 1 atom stereocenters. The van der Waals surface area contributed by atoms with Crippen molar-refractivity contribution < 1.29 is 41.8 Å². The number of carbonyl (C=O) groups excluding carboxylic acids is 2. The zero-order valence-electron chi connectivity index (χ0n) is 21.7. The van der Waals surface area contributed by atoms with Gasteiger partial charge in [0, 0.05) is 58.3 Å². The largest absolute Gasteiger partial charge is 0.490 e. The number of rotatable bonds is 6. The Morgan fingerprint density at radius 2 is 1.76 bits per heavy atom. The van der Waals surface area contributed by atoms with Crippen molar-refractivity contribution in [3.63, 3.8) is 0 Å². The van der Waals surface area contributed by atoms with E-state index in [0.717, 1.165) is 52.0 Å². The molecule has 3 saturated heterocycles. The third-order valence-electron chi connectivity index (χ3n) is 8.09. The molecular weight excluding hydrogens is 510 g/mol. The number of aliphatic carboxylic acids is 1. The van der Waals surface area contributed by atoms with E-state index in [2.05, 4.69) is 11.8 Å². The number of amides is 2. The van der Waals surface area contributed by atoms with Gasteiger partial charge >= 0.3 is 12.1 Å². The number of benzene rings is 1. The molecule has 0 aromatic heterocycles. The van der Waals surface area contributed by atoms with Crippen molar-refractivity contribution in [3.8, 4) is 0 Å². The number of alkyl halides is 3. The first-order valence-electron chi connectivity index (χ1n) is 12.7. The van der Waals surface area contributed by atoms with Crippen LogP contribution in [0.25, 0.3) is 0 Å². The minimum Gasteiger partial charge on any atom is -0.475 e. The Morgan fingerprint density at radius 1 is 1.11 bits per heavy atom. The molecule has 12 heteroatoms. The first-order chi connectivity index (χ1) is 17.9. The highest BCUT2D eigenvalue weighted by atomic mass is 19.4. The molecule has 1 unspecified atom stereocenters. The predicted molar refractivity (Wildman–Crippen MR) is 130 cm³/mol. The molecule has 3 aliphatic rings. The van der Waals surface area contributed by atoms with Gasteiger partial charge in [0.05, 0.1) is 18.4 Å². The van der Waals surface area contributed by atoms with E-state index in [1.807, 2.05) is 9.80 Å². The summed E-state index contributed by atoms with van der Waals surface area (Å²) in [6.07, 6.45) is -2.28. The van der Waals surface area contributed by atoms with E-state index < -0.39 is 12.1 Å². The smallest absolute Gasteiger partial charge is 0.475 e. The van der Waals surface area contributed by atoms with Gasteiger partial charge in [-0.25, -0.2) is 9.18 Å². The summed E-state index contributed by atoms with van der Waals surface area (Å²) in [5.74, 6) is -2.73. The van der Waals surface area contributed by atoms with E-state index in [1.165, 1.54) is 12.1 Å². The summed E-state index contributed by atoms with van der Waals surface area (Å²) in [5, 5.41) is 7.12. The predicted octanol–water partition coefficient (Wildman–Crippen LogP) is 2.81. The third kappa shape index (κ3) is 6.28. The van der Waals surface area contributed by atoms with Gasteiger partial charge in [0.15, 0.2) is 0 Å². The van der Waals surface area contributed by atoms with E-state index in [-0.39, 0.29) is 29.0 Å². The van der Waals surface area contributed by atoms with Crippen LogP contribution in [0.4, 0.5) is 17.6 Å². The van der Waals surface area contributed by atoms with Crippen molar-refractivity contribution in [1.29, 1.82) is 0 Å². The molecule has 2 amide bonds. The Balaban J connectivity index is 0.000000505. The van der Waals surface area contributed by atoms with Crippen molar-refractivity contribution in [2.75, 3.05) is 59.5 Å². The van der Waals surface area contributed by atoms with Gasteiger partial charge in [-0.05, 0) is 43.9 Å². The number of fused-ring (bicyclic) bond motifs is 1. The van der Waals surface area contributed by atoms with Gasteiger partial charge in [-0.1, -0.05) is 12.1 Å². The lowest BCUT2D eigenvalue weighted by atomic mass is 9.60. The number of piperidine rings is 1. The lowest BCUT2D eigenvalue weighted by Crippen LogP contribution is -2.53. The molecule has 0 radical (unpaired) electrons. The van der Waals surface area contributed by atoms with Crippen molar-refractivity contribution in [2.24, 2.45) is 10.8 Å². The van der Waals surface area contributed by atoms with Crippen LogP contribution in [0.5, 0.6) is 0 Å². The van der Waals surface area contributed by atoms with E-state index in [0.29, 0.717) is 31.2 Å². The third-order valence-corrected chi connectivity index (χ3v) is 8.09. The maximum atomic E-state index is 13.5. The van der Waals surface area contributed by atoms with Crippen LogP contribution < -0.4 is 0 Å². The number of hydrogen-bond donors (Lipinski definition) is 1. The van der Waals surface area contributed by atoms with Gasteiger partial charge in [-0.3, -0.25) is 14.5 Å². The summed E-state index contributed by atoms with van der Waals surface area (Å²) in [6, 6.07) is 6.26. The van der Waals surface area contributed by atoms with Gasteiger partial charge in [-0.15, -0.1) is 0 Å². The van der Waals surface area contributed by atoms with Crippen LogP contribution in [0.3, 0.4) is 0 Å². The van der Waals surface area contributed by atoms with Crippen molar-refractivity contribution >= 4 is 17.8 Å². The molecule has 1 aromatic carbocycles. The van der Waals surface area contributed by atoms with Gasteiger partial charge < -0.3 is 19.6 Å². The number of carboxylic acid groups (broad SMARTS) is 1. The molecule has 3 fully saturated rings. The van der Waals surface area contributed by atoms with Crippen molar-refractivity contribution in [2.45, 2.75) is 38.8 Å². The molecule has 3 aliphatic heterocycles. The standard InChI is InChI=1S/C24H34FN3O3.C2HF3O2/c1-3-27-12-9-24(22(27)30)18-26(13-14-31-2)17-23(24)7-10-28(11-8-23)21(29)16-19-5-4-6-20(25)15-19;3-2(4,5)1(6)7/h4-6,15H,3,7-14,16-18H2,1-2H3;(H,6,7). The molecule has 1 aromatic rings. The minimum atomic E-state index is -5.08. The zero-order chi connectivity index (χ0) is 28.1. The van der Waals surface area contributed by atoms with Gasteiger partial charge in [0.1, 0.15) is 5.82 Å². The van der Waals surface area contributed by atoms with Crippen LogP contribution in [0.1, 0.15) is 31.7 Å². The summed E-state index contributed by atoms with van der Waals surface area (Å²) in [4.78, 5) is 41.6. The van der Waals surface area contributed by atoms with E-state index in [9.17, 15) is 27.2 Å². The Kier molecular flexibility index (Phi) is 9.40. The molecule has 8 nitrogen and oxygen atoms in total. The molecule has 3 heterocycles. The average Bonchev–Trinajstić information content (AvgIpc) is 3.34. The lowest BCUT2D eigenvalue weighted by Gasteiger charge is -2.47. The molecule has 4 rings (SSSR count). The Bertz CT molecular complexity index is 1010. The second kappa shape index (κ2) is 12.0. The summed E-state index contributed by atoms with van der Waals surface area (Å²) in [6.45, 7) is 8.15. The van der Waals surface area contributed by atoms with Crippen LogP contribution in [-0.2, 0) is 25.5 Å². The van der Waals surface area contributed by atoms with Crippen LogP contribution >= 0.6 is 0 Å². The summed E-state index contributed by atoms with van der Waals surface area (Å²) in [7, 11) is 1.71. The molecule has 0 saturated carbocycles. The number of carboxylic acids is 1. The Labute approximate surface area is 219 Å². The van der Waals surface area contributed by atoms with Crippen LogP contribution in [0.2, 0.25) is 0 Å². The van der Waals surface area contributed by atoms with Gasteiger partial charge in [0.25, 0.3) is 0 Å². The van der Waals surface area contributed by atoms with Crippen molar-refractivity contribution in [1.82, 2.24) is 14.7 Å². The maximum absolute atomic E-state index is 13.5. The maximum Gasteiger partial charge on any atom is 0.490 e. The van der Waals surface area contributed by atoms with Crippen molar-refractivity contribution in [3.05, 3.63) is 35.6 Å². The fraction of sp³-hybridized carbons (Fsp3) is 0.654. The fourth-order valence-electron chi connectivity index (χ4n) is 6.09. The first kappa shape index (κ1) is 29.8. The highest BCUT2D eigenvalue weighted by Crippen LogP contribution is 2.57. The first-order valence-corrected chi connectivity index (χ1v) is 12.7. The molecule has 38 heavy (non-hydrogen) atoms. The summed E-state index contributed by atoms with van der Waals surface area (Å²) < 4.78 is 50.5. The van der Waals surface area contributed by atoms with E-state index in [1.54, 1.807) is 19.2 Å². The lowest BCUT2D eigenvalue weighted by molar-refractivity contribution is -0.192. The SMILES string of the molecule is CCN1CCC2(CN(CCOC)CC23CCN(C(=O)Cc2cccc(F)c2)CC3)C1=O.O=C(O)C(F)(F)F. The number of likely N-dealkylation sites (tertiary alicyclic amines) is 3. The molecule has 2 spiro atoms. The van der Waals surface area contributed by atoms with Crippen LogP contribution in [0.15, 0.2) is 24.3 Å². The second-order valence-corrected chi connectivity index (χ2v) is 10.2. The number of nitrogens with zero attached hydrogens (tertiary/aromatic N) is 3. The molecule has 1 N–H and O–H groups in total. The molecule has 212 valence electrons. The number of carbonyl (C=O) groups is 3. The Hall–Kier alpha value is -2.73. The monoisotopic (exact) mass is 545 g/mol.